The van der Waals surface area contributed by atoms with Crippen LogP contribution in [0.5, 0.6) is 0 Å². The largest absolute Gasteiger partial charge is 0.477 e. The van der Waals surface area contributed by atoms with E-state index in [1.54, 1.807) is 0 Å². The third-order valence-corrected chi connectivity index (χ3v) is 3.00. The Kier molecular flexibility index (Phi) is 3.55. The van der Waals surface area contributed by atoms with E-state index in [1.807, 2.05) is 25.7 Å². The Morgan fingerprint density at radius 2 is 2.31 bits per heavy atom. The van der Waals surface area contributed by atoms with Gasteiger partial charge in [-0.05, 0) is 20.8 Å². The topological polar surface area (TPSA) is 53.4 Å². The van der Waals surface area contributed by atoms with Crippen molar-refractivity contribution in [2.75, 3.05) is 11.4 Å². The van der Waals surface area contributed by atoms with Crippen LogP contribution in [0.3, 0.4) is 0 Å². The SMILES string of the molecule is C#CCN(c1ncc(C(=O)O)s1)C(C)(C)C. The molecule has 86 valence electrons. The zero-order valence-electron chi connectivity index (χ0n) is 9.52. The number of anilines is 1. The first-order chi connectivity index (χ1) is 7.36. The molecule has 1 rings (SSSR count). The molecule has 1 aromatic rings. The number of rotatable bonds is 3. The van der Waals surface area contributed by atoms with Gasteiger partial charge in [-0.3, -0.25) is 0 Å². The molecule has 0 amide bonds. The molecule has 0 bridgehead atoms. The van der Waals surface area contributed by atoms with Crippen molar-refractivity contribution >= 4 is 22.4 Å². The summed E-state index contributed by atoms with van der Waals surface area (Å²) in [7, 11) is 0. The number of thiazole rings is 1. The predicted molar refractivity (Wildman–Crippen MR) is 65.0 cm³/mol. The summed E-state index contributed by atoms with van der Waals surface area (Å²) in [5, 5.41) is 9.47. The molecular weight excluding hydrogens is 224 g/mol. The molecule has 16 heavy (non-hydrogen) atoms. The van der Waals surface area contributed by atoms with Crippen LogP contribution < -0.4 is 4.90 Å². The summed E-state index contributed by atoms with van der Waals surface area (Å²) in [6, 6.07) is 0. The second-order valence-corrected chi connectivity index (χ2v) is 5.28. The lowest BCUT2D eigenvalue weighted by Gasteiger charge is -2.33. The standard InChI is InChI=1S/C11H14N2O2S/c1-5-6-13(11(2,3)4)10-12-7-8(16-10)9(14)15/h1,7H,6H2,2-4H3,(H,14,15). The average Bonchev–Trinajstić information content (AvgIpc) is 2.60. The molecule has 1 N–H and O–H groups in total. The minimum atomic E-state index is -0.960. The second-order valence-electron chi connectivity index (χ2n) is 4.27. The van der Waals surface area contributed by atoms with Crippen LogP contribution in [0.25, 0.3) is 0 Å². The van der Waals surface area contributed by atoms with E-state index in [9.17, 15) is 4.79 Å². The third-order valence-electron chi connectivity index (χ3n) is 1.99. The molecule has 0 saturated heterocycles. The fraction of sp³-hybridized carbons (Fsp3) is 0.455. The van der Waals surface area contributed by atoms with E-state index in [0.717, 1.165) is 11.3 Å². The maximum atomic E-state index is 10.8. The first-order valence-electron chi connectivity index (χ1n) is 4.76. The van der Waals surface area contributed by atoms with Crippen molar-refractivity contribution in [3.8, 4) is 12.3 Å². The van der Waals surface area contributed by atoms with Gasteiger partial charge in [-0.1, -0.05) is 17.3 Å². The molecule has 0 atom stereocenters. The highest BCUT2D eigenvalue weighted by molar-refractivity contribution is 7.17. The van der Waals surface area contributed by atoms with Gasteiger partial charge in [0.05, 0.1) is 12.7 Å². The molecule has 0 saturated carbocycles. The van der Waals surface area contributed by atoms with Gasteiger partial charge in [-0.25, -0.2) is 9.78 Å². The molecule has 0 aliphatic rings. The molecule has 0 aromatic carbocycles. The molecule has 0 fully saturated rings. The molecule has 0 aliphatic carbocycles. The summed E-state index contributed by atoms with van der Waals surface area (Å²) in [6.07, 6.45) is 6.66. The summed E-state index contributed by atoms with van der Waals surface area (Å²) in [5.41, 5.74) is -0.181. The highest BCUT2D eigenvalue weighted by atomic mass is 32.1. The Hall–Kier alpha value is -1.54. The van der Waals surface area contributed by atoms with E-state index in [1.165, 1.54) is 6.20 Å². The van der Waals surface area contributed by atoms with Gasteiger partial charge in [0.25, 0.3) is 0 Å². The number of terminal acetylenes is 1. The third kappa shape index (κ3) is 2.74. The van der Waals surface area contributed by atoms with E-state index in [-0.39, 0.29) is 10.4 Å². The molecule has 0 aliphatic heterocycles. The lowest BCUT2D eigenvalue weighted by atomic mass is 10.1. The fourth-order valence-electron chi connectivity index (χ4n) is 1.17. The van der Waals surface area contributed by atoms with Crippen LogP contribution in [0.4, 0.5) is 5.13 Å². The van der Waals surface area contributed by atoms with E-state index < -0.39 is 5.97 Å². The molecule has 0 unspecified atom stereocenters. The van der Waals surface area contributed by atoms with Gasteiger partial charge >= 0.3 is 5.97 Å². The first-order valence-corrected chi connectivity index (χ1v) is 5.58. The smallest absolute Gasteiger partial charge is 0.347 e. The minimum absolute atomic E-state index is 0.181. The second kappa shape index (κ2) is 4.54. The number of nitrogens with zero attached hydrogens (tertiary/aromatic N) is 2. The van der Waals surface area contributed by atoms with Crippen molar-refractivity contribution in [2.24, 2.45) is 0 Å². The number of aromatic carboxylic acids is 1. The van der Waals surface area contributed by atoms with Gasteiger partial charge in [0.15, 0.2) is 5.13 Å². The van der Waals surface area contributed by atoms with Crippen LogP contribution in [-0.4, -0.2) is 28.1 Å². The zero-order valence-corrected chi connectivity index (χ0v) is 10.3. The van der Waals surface area contributed by atoms with Gasteiger partial charge in [-0.15, -0.1) is 6.42 Å². The minimum Gasteiger partial charge on any atom is -0.477 e. The van der Waals surface area contributed by atoms with Crippen molar-refractivity contribution < 1.29 is 9.90 Å². The van der Waals surface area contributed by atoms with E-state index in [4.69, 9.17) is 11.5 Å². The number of carboxylic acids is 1. The molecular formula is C11H14N2O2S. The lowest BCUT2D eigenvalue weighted by Crippen LogP contribution is -2.41. The summed E-state index contributed by atoms with van der Waals surface area (Å²) in [5.74, 6) is 1.60. The van der Waals surface area contributed by atoms with Crippen molar-refractivity contribution in [3.63, 3.8) is 0 Å². The number of aromatic nitrogens is 1. The van der Waals surface area contributed by atoms with Gasteiger partial charge in [0, 0.05) is 5.54 Å². The van der Waals surface area contributed by atoms with E-state index in [2.05, 4.69) is 10.9 Å². The van der Waals surface area contributed by atoms with Crippen molar-refractivity contribution in [1.82, 2.24) is 4.98 Å². The van der Waals surface area contributed by atoms with Crippen LogP contribution in [-0.2, 0) is 0 Å². The zero-order chi connectivity index (χ0) is 12.3. The van der Waals surface area contributed by atoms with Gasteiger partial charge < -0.3 is 10.0 Å². The van der Waals surface area contributed by atoms with Crippen molar-refractivity contribution in [3.05, 3.63) is 11.1 Å². The summed E-state index contributed by atoms with van der Waals surface area (Å²) in [6.45, 7) is 6.43. The van der Waals surface area contributed by atoms with Gasteiger partial charge in [0.2, 0.25) is 0 Å². The molecule has 1 aromatic heterocycles. The van der Waals surface area contributed by atoms with Crippen molar-refractivity contribution in [1.29, 1.82) is 0 Å². The van der Waals surface area contributed by atoms with Crippen LogP contribution in [0, 0.1) is 12.3 Å². The molecule has 4 nitrogen and oxygen atoms in total. The maximum Gasteiger partial charge on any atom is 0.347 e. The van der Waals surface area contributed by atoms with Crippen LogP contribution in [0.2, 0.25) is 0 Å². The summed E-state index contributed by atoms with van der Waals surface area (Å²) >= 11 is 1.14. The average molecular weight is 238 g/mol. The molecule has 1 heterocycles. The number of carboxylic acid groups (broad SMARTS) is 1. The Morgan fingerprint density at radius 1 is 1.69 bits per heavy atom. The highest BCUT2D eigenvalue weighted by Crippen LogP contribution is 2.28. The maximum absolute atomic E-state index is 10.8. The summed E-state index contributed by atoms with van der Waals surface area (Å²) in [4.78, 5) is 17.0. The predicted octanol–water partition coefficient (Wildman–Crippen LogP) is 2.08. The fourth-order valence-corrected chi connectivity index (χ4v) is 2.12. The van der Waals surface area contributed by atoms with Crippen LogP contribution in [0.15, 0.2) is 6.20 Å². The van der Waals surface area contributed by atoms with Gasteiger partial charge in [-0.2, -0.15) is 0 Å². The lowest BCUT2D eigenvalue weighted by molar-refractivity contribution is 0.0702. The normalized spacial score (nSPS) is 10.9. The van der Waals surface area contributed by atoms with Crippen LogP contribution >= 0.6 is 11.3 Å². The van der Waals surface area contributed by atoms with Crippen molar-refractivity contribution in [2.45, 2.75) is 26.3 Å². The molecule has 0 spiro atoms. The number of hydrogen-bond acceptors (Lipinski definition) is 4. The number of hydrogen-bond donors (Lipinski definition) is 1. The summed E-state index contributed by atoms with van der Waals surface area (Å²) < 4.78 is 0. The van der Waals surface area contributed by atoms with E-state index >= 15 is 0 Å². The molecule has 0 radical (unpaired) electrons. The Labute approximate surface area is 98.9 Å². The molecule has 5 heteroatoms. The first kappa shape index (κ1) is 12.5. The quantitative estimate of drug-likeness (QED) is 0.819. The Bertz CT molecular complexity index is 426. The Balaban J connectivity index is 3.03. The monoisotopic (exact) mass is 238 g/mol. The van der Waals surface area contributed by atoms with Gasteiger partial charge in [0.1, 0.15) is 4.88 Å². The van der Waals surface area contributed by atoms with E-state index in [0.29, 0.717) is 11.7 Å². The number of carbonyl (C=O) groups is 1. The Morgan fingerprint density at radius 3 is 2.69 bits per heavy atom. The van der Waals surface area contributed by atoms with Crippen LogP contribution in [0.1, 0.15) is 30.4 Å². The highest BCUT2D eigenvalue weighted by Gasteiger charge is 2.24.